The normalized spacial score (nSPS) is 15.5. The van der Waals surface area contributed by atoms with E-state index in [4.69, 9.17) is 5.11 Å². The fourth-order valence-corrected chi connectivity index (χ4v) is 0.979. The van der Waals surface area contributed by atoms with Crippen molar-refractivity contribution in [3.63, 3.8) is 0 Å². The van der Waals surface area contributed by atoms with E-state index in [9.17, 15) is 0 Å². The van der Waals surface area contributed by atoms with E-state index in [0.29, 0.717) is 5.92 Å². The van der Waals surface area contributed by atoms with Crippen LogP contribution in [0.2, 0.25) is 0 Å². The van der Waals surface area contributed by atoms with Crippen molar-refractivity contribution in [1.82, 2.24) is 5.32 Å². The van der Waals surface area contributed by atoms with Crippen LogP contribution in [0.15, 0.2) is 0 Å². The average Bonchev–Trinajstić information content (AvgIpc) is 1.80. The van der Waals surface area contributed by atoms with Crippen LogP contribution in [-0.4, -0.2) is 23.3 Å². The lowest BCUT2D eigenvalue weighted by atomic mass is 10.0. The molecule has 0 rings (SSSR count). The van der Waals surface area contributed by atoms with Gasteiger partial charge in [-0.1, -0.05) is 13.8 Å². The van der Waals surface area contributed by atoms with Crippen molar-refractivity contribution in [3.8, 4) is 0 Å². The molecule has 0 aromatic rings. The molecular weight excluding hydrogens is 138 g/mol. The van der Waals surface area contributed by atoms with Crippen molar-refractivity contribution < 1.29 is 5.11 Å². The van der Waals surface area contributed by atoms with Gasteiger partial charge in [0.1, 0.15) is 0 Å². The Hall–Kier alpha value is -0.0800. The molecule has 0 radical (unpaired) electrons. The first-order chi connectivity index (χ1) is 4.87. The van der Waals surface area contributed by atoms with Crippen LogP contribution < -0.4 is 5.32 Å². The Morgan fingerprint density at radius 3 is 1.82 bits per heavy atom. The summed E-state index contributed by atoms with van der Waals surface area (Å²) in [5.41, 5.74) is 0.0949. The van der Waals surface area contributed by atoms with Crippen LogP contribution in [0.25, 0.3) is 0 Å². The van der Waals surface area contributed by atoms with Gasteiger partial charge in [-0.2, -0.15) is 0 Å². The van der Waals surface area contributed by atoms with Crippen LogP contribution in [-0.2, 0) is 0 Å². The molecule has 0 aliphatic rings. The van der Waals surface area contributed by atoms with Crippen LogP contribution in [0.1, 0.15) is 34.6 Å². The molecule has 0 aliphatic heterocycles. The van der Waals surface area contributed by atoms with Crippen LogP contribution in [0, 0.1) is 5.92 Å². The predicted octanol–water partition coefficient (Wildman–Crippen LogP) is 1.39. The van der Waals surface area contributed by atoms with E-state index in [2.05, 4.69) is 39.9 Å². The van der Waals surface area contributed by atoms with Crippen LogP contribution in [0.4, 0.5) is 0 Å². The topological polar surface area (TPSA) is 32.3 Å². The van der Waals surface area contributed by atoms with Gasteiger partial charge in [0.25, 0.3) is 0 Å². The highest BCUT2D eigenvalue weighted by Gasteiger charge is 2.18. The minimum Gasteiger partial charge on any atom is -0.395 e. The summed E-state index contributed by atoms with van der Waals surface area (Å²) in [6.07, 6.45) is 0. The van der Waals surface area contributed by atoms with Gasteiger partial charge < -0.3 is 10.4 Å². The largest absolute Gasteiger partial charge is 0.395 e. The second-order valence-electron chi connectivity index (χ2n) is 4.43. The molecule has 68 valence electrons. The molecule has 0 aromatic heterocycles. The molecule has 0 saturated carbocycles. The van der Waals surface area contributed by atoms with Gasteiger partial charge in [-0.05, 0) is 26.7 Å². The lowest BCUT2D eigenvalue weighted by molar-refractivity contribution is 0.184. The van der Waals surface area contributed by atoms with Crippen molar-refractivity contribution in [2.24, 2.45) is 5.92 Å². The molecule has 2 nitrogen and oxygen atoms in total. The molecule has 0 amide bonds. The van der Waals surface area contributed by atoms with Gasteiger partial charge in [-0.15, -0.1) is 0 Å². The zero-order valence-electron chi connectivity index (χ0n) is 8.31. The van der Waals surface area contributed by atoms with Gasteiger partial charge in [0, 0.05) is 11.6 Å². The maximum Gasteiger partial charge on any atom is 0.0587 e. The molecule has 1 atom stereocenters. The molecular formula is C9H21NO. The fraction of sp³-hybridized carbons (Fsp3) is 1.00. The summed E-state index contributed by atoms with van der Waals surface area (Å²) in [6.45, 7) is 10.8. The minimum absolute atomic E-state index is 0.0949. The second kappa shape index (κ2) is 4.07. The summed E-state index contributed by atoms with van der Waals surface area (Å²) < 4.78 is 0. The van der Waals surface area contributed by atoms with E-state index in [1.54, 1.807) is 0 Å². The summed E-state index contributed by atoms with van der Waals surface area (Å²) in [5, 5.41) is 12.4. The first-order valence-corrected chi connectivity index (χ1v) is 4.25. The smallest absolute Gasteiger partial charge is 0.0587 e. The van der Waals surface area contributed by atoms with Gasteiger partial charge in [0.15, 0.2) is 0 Å². The highest BCUT2D eigenvalue weighted by Crippen LogP contribution is 2.07. The van der Waals surface area contributed by atoms with E-state index in [0.717, 1.165) is 0 Å². The van der Waals surface area contributed by atoms with E-state index in [1.165, 1.54) is 0 Å². The summed E-state index contributed by atoms with van der Waals surface area (Å²) in [6, 6.07) is 0.218. The predicted molar refractivity (Wildman–Crippen MR) is 48.6 cm³/mol. The summed E-state index contributed by atoms with van der Waals surface area (Å²) in [5.74, 6) is 0.485. The van der Waals surface area contributed by atoms with Crippen LogP contribution in [0.5, 0.6) is 0 Å². The lowest BCUT2D eigenvalue weighted by Crippen LogP contribution is -2.48. The Morgan fingerprint density at radius 1 is 1.27 bits per heavy atom. The number of aliphatic hydroxyl groups is 1. The molecule has 1 unspecified atom stereocenters. The van der Waals surface area contributed by atoms with E-state index in [-0.39, 0.29) is 18.2 Å². The zero-order chi connectivity index (χ0) is 9.07. The summed E-state index contributed by atoms with van der Waals surface area (Å²) in [4.78, 5) is 0. The monoisotopic (exact) mass is 159 g/mol. The second-order valence-corrected chi connectivity index (χ2v) is 4.43. The standard InChI is InChI=1S/C9H21NO/c1-7(2)8(6-11)10-9(3,4)5/h7-8,10-11H,6H2,1-5H3. The number of aliphatic hydroxyl groups excluding tert-OH is 1. The number of nitrogens with one attached hydrogen (secondary N) is 1. The maximum atomic E-state index is 9.00. The van der Waals surface area contributed by atoms with E-state index < -0.39 is 0 Å². The quantitative estimate of drug-likeness (QED) is 0.652. The third kappa shape index (κ3) is 5.22. The molecule has 2 heteroatoms. The summed E-state index contributed by atoms with van der Waals surface area (Å²) >= 11 is 0. The fourth-order valence-electron chi connectivity index (χ4n) is 0.979. The van der Waals surface area contributed by atoms with Crippen LogP contribution >= 0.6 is 0 Å². The Bertz CT molecular complexity index is 105. The van der Waals surface area contributed by atoms with Crippen molar-refractivity contribution in [1.29, 1.82) is 0 Å². The molecule has 2 N–H and O–H groups in total. The highest BCUT2D eigenvalue weighted by molar-refractivity contribution is 4.79. The number of hydrogen-bond donors (Lipinski definition) is 2. The Balaban J connectivity index is 3.88. The molecule has 0 aliphatic carbocycles. The zero-order valence-corrected chi connectivity index (χ0v) is 8.31. The summed E-state index contributed by atoms with van der Waals surface area (Å²) in [7, 11) is 0. The third-order valence-corrected chi connectivity index (χ3v) is 1.62. The third-order valence-electron chi connectivity index (χ3n) is 1.62. The van der Waals surface area contributed by atoms with Gasteiger partial charge in [-0.3, -0.25) is 0 Å². The van der Waals surface area contributed by atoms with Crippen molar-refractivity contribution in [2.45, 2.75) is 46.2 Å². The van der Waals surface area contributed by atoms with Gasteiger partial charge >= 0.3 is 0 Å². The highest BCUT2D eigenvalue weighted by atomic mass is 16.3. The molecule has 0 heterocycles. The molecule has 11 heavy (non-hydrogen) atoms. The Kier molecular flexibility index (Phi) is 4.04. The SMILES string of the molecule is CC(C)C(CO)NC(C)(C)C. The van der Waals surface area contributed by atoms with E-state index >= 15 is 0 Å². The molecule has 0 aromatic carbocycles. The number of hydrogen-bond acceptors (Lipinski definition) is 2. The lowest BCUT2D eigenvalue weighted by Gasteiger charge is -2.29. The average molecular weight is 159 g/mol. The van der Waals surface area contributed by atoms with Gasteiger partial charge in [-0.25, -0.2) is 0 Å². The molecule has 0 fully saturated rings. The van der Waals surface area contributed by atoms with Crippen molar-refractivity contribution in [2.75, 3.05) is 6.61 Å². The first kappa shape index (κ1) is 10.9. The van der Waals surface area contributed by atoms with E-state index in [1.807, 2.05) is 0 Å². The Morgan fingerprint density at radius 2 is 1.73 bits per heavy atom. The number of rotatable bonds is 3. The molecule has 0 spiro atoms. The molecule has 0 bridgehead atoms. The Labute approximate surface area is 70.0 Å². The van der Waals surface area contributed by atoms with Crippen molar-refractivity contribution >= 4 is 0 Å². The minimum atomic E-state index is 0.0949. The van der Waals surface area contributed by atoms with Crippen molar-refractivity contribution in [3.05, 3.63) is 0 Å². The van der Waals surface area contributed by atoms with Gasteiger partial charge in [0.2, 0.25) is 0 Å². The van der Waals surface area contributed by atoms with Gasteiger partial charge in [0.05, 0.1) is 6.61 Å². The maximum absolute atomic E-state index is 9.00. The first-order valence-electron chi connectivity index (χ1n) is 4.25. The van der Waals surface area contributed by atoms with Crippen LogP contribution in [0.3, 0.4) is 0 Å². The molecule has 0 saturated heterocycles.